The van der Waals surface area contributed by atoms with Crippen LogP contribution in [0.1, 0.15) is 103 Å². The average molecular weight is 505 g/mol. The first kappa shape index (κ1) is 29.2. The highest BCUT2D eigenvalue weighted by Gasteiger charge is 2.54. The number of unbranched alkanes of at least 4 members (excludes halogenated alkanes) is 14. The predicted octanol–water partition coefficient (Wildman–Crippen LogP) is 5.74. The van der Waals surface area contributed by atoms with Gasteiger partial charge in [-0.2, -0.15) is 0 Å². The van der Waals surface area contributed by atoms with Crippen LogP contribution in [-0.2, 0) is 19.1 Å². The van der Waals surface area contributed by atoms with E-state index in [0.29, 0.717) is 19.7 Å². The van der Waals surface area contributed by atoms with Crippen molar-refractivity contribution < 1.29 is 19.1 Å². The Labute approximate surface area is 220 Å². The molecule has 3 heterocycles. The third kappa shape index (κ3) is 9.16. The van der Waals surface area contributed by atoms with Crippen LogP contribution in [-0.4, -0.2) is 73.7 Å². The topological polar surface area (TPSA) is 59.1 Å². The predicted molar refractivity (Wildman–Crippen MR) is 145 cm³/mol. The fourth-order valence-corrected chi connectivity index (χ4v) is 5.86. The lowest BCUT2D eigenvalue weighted by atomic mass is 9.82. The summed E-state index contributed by atoms with van der Waals surface area (Å²) in [6.45, 7) is 5.90. The largest absolute Gasteiger partial charge is 0.465 e. The Bertz CT molecular complexity index is 674. The standard InChI is InChI=1S/C30H52N2O4/c1-3-4-5-6-7-8-9-10-11-12-13-14-15-16-17-24-35-30(34)28-26-19-18-25(36-26)27(28)29(33)32-22-20-31(2)21-23-32/h18-19,25-28H,3-17,20-24H2,1-2H3. The number of hydrogen-bond donors (Lipinski definition) is 0. The highest BCUT2D eigenvalue weighted by molar-refractivity contribution is 5.88. The summed E-state index contributed by atoms with van der Waals surface area (Å²) in [4.78, 5) is 30.3. The van der Waals surface area contributed by atoms with E-state index in [1.807, 2.05) is 17.1 Å². The van der Waals surface area contributed by atoms with Crippen LogP contribution in [0.5, 0.6) is 0 Å². The average Bonchev–Trinajstić information content (AvgIpc) is 3.50. The number of nitrogens with zero attached hydrogens (tertiary/aromatic N) is 2. The minimum atomic E-state index is -0.497. The van der Waals surface area contributed by atoms with Crippen molar-refractivity contribution in [3.8, 4) is 0 Å². The maximum absolute atomic E-state index is 13.2. The van der Waals surface area contributed by atoms with Gasteiger partial charge in [-0.15, -0.1) is 0 Å². The fraction of sp³-hybridized carbons (Fsp3) is 0.867. The first-order valence-electron chi connectivity index (χ1n) is 15.1. The maximum Gasteiger partial charge on any atom is 0.312 e. The Hall–Kier alpha value is -1.40. The molecule has 0 spiro atoms. The molecule has 6 nitrogen and oxygen atoms in total. The lowest BCUT2D eigenvalue weighted by Crippen LogP contribution is -2.52. The Morgan fingerprint density at radius 2 is 1.19 bits per heavy atom. The number of amides is 1. The second-order valence-electron chi connectivity index (χ2n) is 11.2. The molecule has 4 atom stereocenters. The molecule has 0 aromatic carbocycles. The van der Waals surface area contributed by atoms with Crippen LogP contribution in [0.25, 0.3) is 0 Å². The molecule has 0 aromatic rings. The molecule has 0 radical (unpaired) electrons. The van der Waals surface area contributed by atoms with E-state index in [4.69, 9.17) is 9.47 Å². The van der Waals surface area contributed by atoms with Gasteiger partial charge in [0.05, 0.1) is 24.7 Å². The van der Waals surface area contributed by atoms with Crippen LogP contribution in [0.15, 0.2) is 12.2 Å². The zero-order valence-corrected chi connectivity index (χ0v) is 23.1. The van der Waals surface area contributed by atoms with E-state index < -0.39 is 11.8 Å². The molecule has 0 aromatic heterocycles. The molecule has 2 fully saturated rings. The van der Waals surface area contributed by atoms with Crippen molar-refractivity contribution in [1.82, 2.24) is 9.80 Å². The lowest BCUT2D eigenvalue weighted by Gasteiger charge is -2.35. The maximum atomic E-state index is 13.2. The van der Waals surface area contributed by atoms with Crippen molar-refractivity contribution in [3.05, 3.63) is 12.2 Å². The number of carbonyl (C=O) groups is 2. The summed E-state index contributed by atoms with van der Waals surface area (Å²) >= 11 is 0. The van der Waals surface area contributed by atoms with E-state index in [-0.39, 0.29) is 24.1 Å². The van der Waals surface area contributed by atoms with Gasteiger partial charge in [0.2, 0.25) is 5.91 Å². The minimum Gasteiger partial charge on any atom is -0.465 e. The van der Waals surface area contributed by atoms with Gasteiger partial charge in [-0.3, -0.25) is 9.59 Å². The van der Waals surface area contributed by atoms with Crippen LogP contribution in [0.2, 0.25) is 0 Å². The molecule has 36 heavy (non-hydrogen) atoms. The number of ether oxygens (including phenoxy) is 2. The number of esters is 1. The number of hydrogen-bond acceptors (Lipinski definition) is 5. The van der Waals surface area contributed by atoms with E-state index in [1.165, 1.54) is 83.5 Å². The second-order valence-corrected chi connectivity index (χ2v) is 11.2. The van der Waals surface area contributed by atoms with Gasteiger partial charge in [-0.1, -0.05) is 109 Å². The molecule has 0 aliphatic carbocycles. The number of rotatable bonds is 18. The normalized spacial score (nSPS) is 25.6. The molecular weight excluding hydrogens is 452 g/mol. The molecule has 1 amide bonds. The summed E-state index contributed by atoms with van der Waals surface area (Å²) in [6.07, 6.45) is 23.0. The van der Waals surface area contributed by atoms with Gasteiger partial charge in [0.1, 0.15) is 5.92 Å². The lowest BCUT2D eigenvalue weighted by molar-refractivity contribution is -0.155. The molecule has 0 N–H and O–H groups in total. The Morgan fingerprint density at radius 1 is 0.722 bits per heavy atom. The van der Waals surface area contributed by atoms with Crippen molar-refractivity contribution in [2.24, 2.45) is 11.8 Å². The highest BCUT2D eigenvalue weighted by Crippen LogP contribution is 2.41. The second kappa shape index (κ2) is 16.4. The molecule has 2 bridgehead atoms. The van der Waals surface area contributed by atoms with Gasteiger partial charge < -0.3 is 19.3 Å². The smallest absolute Gasteiger partial charge is 0.312 e. The summed E-state index contributed by atoms with van der Waals surface area (Å²) in [5, 5.41) is 0. The van der Waals surface area contributed by atoms with Crippen molar-refractivity contribution in [1.29, 1.82) is 0 Å². The van der Waals surface area contributed by atoms with Gasteiger partial charge in [0.15, 0.2) is 0 Å². The molecule has 3 rings (SSSR count). The van der Waals surface area contributed by atoms with E-state index >= 15 is 0 Å². The Balaban J connectivity index is 1.20. The van der Waals surface area contributed by atoms with E-state index in [1.54, 1.807) is 0 Å². The van der Waals surface area contributed by atoms with Crippen molar-refractivity contribution in [2.45, 2.75) is 115 Å². The fourth-order valence-electron chi connectivity index (χ4n) is 5.86. The third-order valence-electron chi connectivity index (χ3n) is 8.26. The zero-order valence-electron chi connectivity index (χ0n) is 23.1. The summed E-state index contributed by atoms with van der Waals surface area (Å²) < 4.78 is 11.6. The van der Waals surface area contributed by atoms with Gasteiger partial charge in [-0.25, -0.2) is 0 Å². The summed E-state index contributed by atoms with van der Waals surface area (Å²) in [7, 11) is 2.07. The minimum absolute atomic E-state index is 0.0499. The van der Waals surface area contributed by atoms with Gasteiger partial charge in [0, 0.05) is 26.2 Å². The van der Waals surface area contributed by atoms with E-state index in [9.17, 15) is 9.59 Å². The molecule has 6 heteroatoms. The Kier molecular flexibility index (Phi) is 13.3. The molecule has 4 unspecified atom stereocenters. The highest BCUT2D eigenvalue weighted by atomic mass is 16.5. The summed E-state index contributed by atoms with van der Waals surface area (Å²) in [5.41, 5.74) is 0. The van der Waals surface area contributed by atoms with Gasteiger partial charge in [-0.05, 0) is 13.5 Å². The molecular formula is C30H52N2O4. The third-order valence-corrected chi connectivity index (χ3v) is 8.26. The molecule has 3 aliphatic heterocycles. The SMILES string of the molecule is CCCCCCCCCCCCCCCCCOC(=O)C1C2C=CC(O2)C1C(=O)N1CCN(C)CC1. The number of likely N-dealkylation sites (N-methyl/N-ethyl adjacent to an activating group) is 1. The van der Waals surface area contributed by atoms with Crippen LogP contribution < -0.4 is 0 Å². The molecule has 2 saturated heterocycles. The van der Waals surface area contributed by atoms with Crippen molar-refractivity contribution in [2.75, 3.05) is 39.8 Å². The summed E-state index contributed by atoms with van der Waals surface area (Å²) in [5.74, 6) is -1.14. The zero-order chi connectivity index (χ0) is 25.6. The van der Waals surface area contributed by atoms with Crippen molar-refractivity contribution in [3.63, 3.8) is 0 Å². The Morgan fingerprint density at radius 3 is 1.72 bits per heavy atom. The van der Waals surface area contributed by atoms with Gasteiger partial charge in [0.25, 0.3) is 0 Å². The van der Waals surface area contributed by atoms with Crippen LogP contribution in [0, 0.1) is 11.8 Å². The number of piperazine rings is 1. The van der Waals surface area contributed by atoms with Gasteiger partial charge >= 0.3 is 5.97 Å². The monoisotopic (exact) mass is 504 g/mol. The first-order chi connectivity index (χ1) is 17.6. The van der Waals surface area contributed by atoms with E-state index in [0.717, 1.165) is 25.9 Å². The quantitative estimate of drug-likeness (QED) is 0.135. The van der Waals surface area contributed by atoms with Crippen molar-refractivity contribution >= 4 is 11.9 Å². The molecule has 3 aliphatic rings. The molecule has 0 saturated carbocycles. The van der Waals surface area contributed by atoms with Crippen LogP contribution >= 0.6 is 0 Å². The van der Waals surface area contributed by atoms with E-state index in [2.05, 4.69) is 18.9 Å². The molecule has 206 valence electrons. The number of carbonyl (C=O) groups excluding carboxylic acids is 2. The van der Waals surface area contributed by atoms with Crippen LogP contribution in [0.3, 0.4) is 0 Å². The number of fused-ring (bicyclic) bond motifs is 2. The first-order valence-corrected chi connectivity index (χ1v) is 15.1. The van der Waals surface area contributed by atoms with Crippen LogP contribution in [0.4, 0.5) is 0 Å². The summed E-state index contributed by atoms with van der Waals surface area (Å²) in [6, 6.07) is 0.